The van der Waals surface area contributed by atoms with Gasteiger partial charge in [0, 0.05) is 32.0 Å². The highest BCUT2D eigenvalue weighted by Crippen LogP contribution is 2.25. The van der Waals surface area contributed by atoms with Gasteiger partial charge in [0.1, 0.15) is 5.82 Å². The molecule has 1 aromatic carbocycles. The molecule has 8 heteroatoms. The molecule has 4 aromatic rings. The average molecular weight is 448 g/mol. The molecule has 8 nitrogen and oxygen atoms in total. The van der Waals surface area contributed by atoms with Crippen molar-refractivity contribution in [2.45, 2.75) is 52.2 Å². The quantitative estimate of drug-likeness (QED) is 0.453. The molecule has 4 heterocycles. The van der Waals surface area contributed by atoms with E-state index in [4.69, 9.17) is 4.74 Å². The molecule has 0 saturated carbocycles. The smallest absolute Gasteiger partial charge is 0.329 e. The van der Waals surface area contributed by atoms with Crippen molar-refractivity contribution < 1.29 is 4.74 Å². The molecule has 33 heavy (non-hydrogen) atoms. The Hall–Kier alpha value is -3.26. The van der Waals surface area contributed by atoms with Crippen LogP contribution in [0, 0.1) is 5.92 Å². The molecule has 1 fully saturated rings. The molecule has 1 aliphatic heterocycles. The summed E-state index contributed by atoms with van der Waals surface area (Å²) < 4.78 is 11.2. The number of fused-ring (bicyclic) bond motifs is 2. The number of hydrogen-bond donors (Lipinski definition) is 0. The predicted molar refractivity (Wildman–Crippen MR) is 128 cm³/mol. The molecule has 0 atom stereocenters. The van der Waals surface area contributed by atoms with Crippen molar-refractivity contribution in [3.63, 3.8) is 0 Å². The molecule has 1 aliphatic rings. The summed E-state index contributed by atoms with van der Waals surface area (Å²) in [4.78, 5) is 35.2. The molecule has 5 rings (SSSR count). The Kier molecular flexibility index (Phi) is 5.85. The minimum atomic E-state index is -0.263. The maximum absolute atomic E-state index is 13.7. The number of imidazole rings is 1. The first-order chi connectivity index (χ1) is 16.0. The summed E-state index contributed by atoms with van der Waals surface area (Å²) in [5, 5.41) is 0.601. The monoisotopic (exact) mass is 447 g/mol. The van der Waals surface area contributed by atoms with Crippen molar-refractivity contribution in [1.82, 2.24) is 23.7 Å². The highest BCUT2D eigenvalue weighted by molar-refractivity contribution is 5.78. The minimum absolute atomic E-state index is 0.0881. The number of rotatable bonds is 6. The molecule has 0 amide bonds. The largest absolute Gasteiger partial charge is 0.381 e. The Morgan fingerprint density at radius 3 is 2.61 bits per heavy atom. The lowest BCUT2D eigenvalue weighted by Crippen LogP contribution is -2.32. The SMILES string of the molecule is CC(C)CCn1c(Cn2c(=O)n(C3CCOCC3)c3ccncc32)nc(=O)c2ccccc21. The Balaban J connectivity index is 1.67. The lowest BCUT2D eigenvalue weighted by atomic mass is 10.1. The molecule has 172 valence electrons. The zero-order chi connectivity index (χ0) is 22.9. The van der Waals surface area contributed by atoms with Crippen molar-refractivity contribution in [2.75, 3.05) is 13.2 Å². The van der Waals surface area contributed by atoms with Crippen LogP contribution in [0.1, 0.15) is 45.0 Å². The van der Waals surface area contributed by atoms with Crippen molar-refractivity contribution in [2.24, 2.45) is 5.92 Å². The number of aryl methyl sites for hydroxylation is 1. The van der Waals surface area contributed by atoms with Crippen LogP contribution in [0.4, 0.5) is 0 Å². The summed E-state index contributed by atoms with van der Waals surface area (Å²) in [6.45, 7) is 6.60. The summed E-state index contributed by atoms with van der Waals surface area (Å²) in [6.07, 6.45) is 5.99. The van der Waals surface area contributed by atoms with E-state index in [-0.39, 0.29) is 23.8 Å². The number of ether oxygens (including phenoxy) is 1. The molecular weight excluding hydrogens is 418 g/mol. The third-order valence-electron chi connectivity index (χ3n) is 6.52. The van der Waals surface area contributed by atoms with Crippen LogP contribution in [-0.2, 0) is 17.8 Å². The van der Waals surface area contributed by atoms with Gasteiger partial charge in [-0.3, -0.25) is 18.9 Å². The van der Waals surface area contributed by atoms with Crippen molar-refractivity contribution in [1.29, 1.82) is 0 Å². The Labute approximate surface area is 191 Å². The molecule has 0 bridgehead atoms. The van der Waals surface area contributed by atoms with E-state index in [0.717, 1.165) is 42.4 Å². The topological polar surface area (TPSA) is 83.9 Å². The van der Waals surface area contributed by atoms with E-state index in [1.807, 2.05) is 34.9 Å². The van der Waals surface area contributed by atoms with E-state index in [0.29, 0.717) is 30.3 Å². The van der Waals surface area contributed by atoms with Crippen LogP contribution in [0.5, 0.6) is 0 Å². The van der Waals surface area contributed by atoms with Crippen LogP contribution in [-0.4, -0.2) is 36.9 Å². The van der Waals surface area contributed by atoms with E-state index in [1.165, 1.54) is 0 Å². The fraction of sp³-hybridized carbons (Fsp3) is 0.440. The highest BCUT2D eigenvalue weighted by atomic mass is 16.5. The summed E-state index contributed by atoms with van der Waals surface area (Å²) in [7, 11) is 0. The molecule has 0 N–H and O–H groups in total. The van der Waals surface area contributed by atoms with Crippen molar-refractivity contribution in [3.05, 3.63) is 69.4 Å². The lowest BCUT2D eigenvalue weighted by Gasteiger charge is -2.23. The standard InChI is InChI=1S/C25H29N5O3/c1-17(2)8-12-28-20-6-4-3-5-19(20)24(31)27-23(28)16-29-22-15-26-11-7-21(22)30(25(29)32)18-9-13-33-14-10-18/h3-7,11,15,17-18H,8-10,12-14,16H2,1-2H3. The maximum Gasteiger partial charge on any atom is 0.329 e. The van der Waals surface area contributed by atoms with Crippen LogP contribution in [0.25, 0.3) is 21.9 Å². The fourth-order valence-corrected chi connectivity index (χ4v) is 4.74. The molecule has 0 radical (unpaired) electrons. The van der Waals surface area contributed by atoms with Gasteiger partial charge >= 0.3 is 5.69 Å². The van der Waals surface area contributed by atoms with Gasteiger partial charge in [0.25, 0.3) is 5.56 Å². The Morgan fingerprint density at radius 2 is 1.82 bits per heavy atom. The van der Waals surface area contributed by atoms with E-state index in [9.17, 15) is 9.59 Å². The number of aromatic nitrogens is 5. The number of para-hydroxylation sites is 1. The Bertz CT molecular complexity index is 1410. The average Bonchev–Trinajstić information content (AvgIpc) is 3.10. The predicted octanol–water partition coefficient (Wildman–Crippen LogP) is 3.35. The Morgan fingerprint density at radius 1 is 1.03 bits per heavy atom. The molecule has 0 aliphatic carbocycles. The van der Waals surface area contributed by atoms with Crippen LogP contribution in [0.15, 0.2) is 52.3 Å². The third-order valence-corrected chi connectivity index (χ3v) is 6.52. The molecule has 0 spiro atoms. The van der Waals surface area contributed by atoms with Gasteiger partial charge in [-0.25, -0.2) is 4.79 Å². The number of pyridine rings is 1. The molecule has 1 saturated heterocycles. The number of benzene rings is 1. The zero-order valence-corrected chi connectivity index (χ0v) is 19.1. The summed E-state index contributed by atoms with van der Waals surface area (Å²) in [5.74, 6) is 1.09. The summed E-state index contributed by atoms with van der Waals surface area (Å²) in [6, 6.07) is 9.54. The molecular formula is C25H29N5O3. The van der Waals surface area contributed by atoms with Gasteiger partial charge in [0.05, 0.1) is 34.7 Å². The first-order valence-electron chi connectivity index (χ1n) is 11.7. The van der Waals surface area contributed by atoms with E-state index >= 15 is 0 Å². The van der Waals surface area contributed by atoms with Gasteiger partial charge in [-0.05, 0) is 43.4 Å². The van der Waals surface area contributed by atoms with Gasteiger partial charge in [-0.15, -0.1) is 0 Å². The van der Waals surface area contributed by atoms with Gasteiger partial charge in [0.2, 0.25) is 0 Å². The first kappa shape index (κ1) is 21.6. The second-order valence-electron chi connectivity index (χ2n) is 9.13. The zero-order valence-electron chi connectivity index (χ0n) is 19.1. The number of nitrogens with zero attached hydrogens (tertiary/aromatic N) is 5. The van der Waals surface area contributed by atoms with Gasteiger partial charge in [-0.2, -0.15) is 4.98 Å². The number of hydrogen-bond acceptors (Lipinski definition) is 5. The van der Waals surface area contributed by atoms with E-state index in [2.05, 4.69) is 28.4 Å². The molecule has 3 aromatic heterocycles. The second-order valence-corrected chi connectivity index (χ2v) is 9.13. The molecule has 0 unspecified atom stereocenters. The van der Waals surface area contributed by atoms with Gasteiger partial charge in [0.15, 0.2) is 0 Å². The fourth-order valence-electron chi connectivity index (χ4n) is 4.74. The van der Waals surface area contributed by atoms with Gasteiger partial charge in [-0.1, -0.05) is 26.0 Å². The van der Waals surface area contributed by atoms with E-state index in [1.54, 1.807) is 17.0 Å². The van der Waals surface area contributed by atoms with Crippen LogP contribution < -0.4 is 11.2 Å². The summed E-state index contributed by atoms with van der Waals surface area (Å²) >= 11 is 0. The lowest BCUT2D eigenvalue weighted by molar-refractivity contribution is 0.0696. The third kappa shape index (κ3) is 3.99. The normalized spacial score (nSPS) is 15.1. The highest BCUT2D eigenvalue weighted by Gasteiger charge is 2.24. The van der Waals surface area contributed by atoms with Gasteiger partial charge < -0.3 is 9.30 Å². The first-order valence-corrected chi connectivity index (χ1v) is 11.7. The van der Waals surface area contributed by atoms with Crippen molar-refractivity contribution in [3.8, 4) is 0 Å². The van der Waals surface area contributed by atoms with Crippen LogP contribution in [0.2, 0.25) is 0 Å². The maximum atomic E-state index is 13.7. The minimum Gasteiger partial charge on any atom is -0.381 e. The second kappa shape index (κ2) is 8.94. The van der Waals surface area contributed by atoms with Crippen LogP contribution in [0.3, 0.4) is 0 Å². The van der Waals surface area contributed by atoms with E-state index < -0.39 is 0 Å². The summed E-state index contributed by atoms with van der Waals surface area (Å²) in [5.41, 5.74) is 2.11. The van der Waals surface area contributed by atoms with Crippen LogP contribution >= 0.6 is 0 Å². The van der Waals surface area contributed by atoms with Crippen molar-refractivity contribution >= 4 is 21.9 Å².